The summed E-state index contributed by atoms with van der Waals surface area (Å²) < 4.78 is 9.06. The minimum absolute atomic E-state index is 0.252. The van der Waals surface area contributed by atoms with Gasteiger partial charge in [-0.2, -0.15) is 5.10 Å². The lowest BCUT2D eigenvalue weighted by atomic mass is 10.1. The van der Waals surface area contributed by atoms with Crippen molar-refractivity contribution in [3.63, 3.8) is 0 Å². The van der Waals surface area contributed by atoms with E-state index >= 15 is 0 Å². The Morgan fingerprint density at radius 1 is 1.38 bits per heavy atom. The van der Waals surface area contributed by atoms with Gasteiger partial charge in [0.05, 0.1) is 15.9 Å². The van der Waals surface area contributed by atoms with Crippen LogP contribution in [0, 0.1) is 6.92 Å². The number of nitrogens with zero attached hydrogens (tertiary/aromatic N) is 2. The zero-order valence-corrected chi connectivity index (χ0v) is 14.6. The first-order valence-corrected chi connectivity index (χ1v) is 7.98. The summed E-state index contributed by atoms with van der Waals surface area (Å²) in [6, 6.07) is 8.39. The molecule has 0 amide bonds. The molecular weight excluding hydrogens is 330 g/mol. The zero-order chi connectivity index (χ0) is 15.4. The number of aromatic nitrogens is 2. The molecule has 1 unspecified atom stereocenters. The number of hydrogen-bond donors (Lipinski definition) is 1. The van der Waals surface area contributed by atoms with Gasteiger partial charge in [-0.05, 0) is 49.8 Å². The van der Waals surface area contributed by atoms with Crippen molar-refractivity contribution < 1.29 is 4.74 Å². The van der Waals surface area contributed by atoms with Gasteiger partial charge in [0.2, 0.25) is 0 Å². The molecule has 1 heterocycles. The monoisotopic (exact) mass is 351 g/mol. The van der Waals surface area contributed by atoms with Crippen LogP contribution in [0.15, 0.2) is 28.7 Å². The minimum Gasteiger partial charge on any atom is -0.487 e. The Morgan fingerprint density at radius 2 is 2.10 bits per heavy atom. The second-order valence-electron chi connectivity index (χ2n) is 5.00. The van der Waals surface area contributed by atoms with E-state index in [2.05, 4.69) is 46.3 Å². The molecule has 2 aromatic rings. The van der Waals surface area contributed by atoms with Crippen LogP contribution in [-0.2, 0) is 13.2 Å². The average molecular weight is 352 g/mol. The molecule has 0 spiro atoms. The lowest BCUT2D eigenvalue weighted by molar-refractivity contribution is 0.286. The maximum absolute atomic E-state index is 6.05. The predicted octanol–water partition coefficient (Wildman–Crippen LogP) is 3.83. The van der Waals surface area contributed by atoms with Crippen molar-refractivity contribution in [2.24, 2.45) is 0 Å². The van der Waals surface area contributed by atoms with Gasteiger partial charge in [0.15, 0.2) is 0 Å². The van der Waals surface area contributed by atoms with E-state index in [1.165, 1.54) is 0 Å². The van der Waals surface area contributed by atoms with E-state index in [1.54, 1.807) is 0 Å². The molecule has 4 nitrogen and oxygen atoms in total. The molecular formula is C16H22BrN3O. The van der Waals surface area contributed by atoms with Crippen molar-refractivity contribution in [2.75, 3.05) is 7.05 Å². The Bertz CT molecular complexity index is 610. The average Bonchev–Trinajstić information content (AvgIpc) is 2.79. The Balaban J connectivity index is 2.21. The van der Waals surface area contributed by atoms with Crippen molar-refractivity contribution >= 4 is 15.9 Å². The molecule has 1 N–H and O–H groups in total. The fourth-order valence-corrected chi connectivity index (χ4v) is 2.68. The van der Waals surface area contributed by atoms with Crippen molar-refractivity contribution in [3.8, 4) is 5.75 Å². The smallest absolute Gasteiger partial charge is 0.131 e. The number of hydrogen-bond acceptors (Lipinski definition) is 3. The third-order valence-electron chi connectivity index (χ3n) is 3.64. The number of benzene rings is 1. The van der Waals surface area contributed by atoms with Gasteiger partial charge in [-0.3, -0.25) is 4.68 Å². The SMILES string of the molecule is CCn1nc(C)c(Br)c1COc1ccccc1C(C)NC. The highest BCUT2D eigenvalue weighted by molar-refractivity contribution is 9.10. The molecule has 0 fully saturated rings. The van der Waals surface area contributed by atoms with Crippen LogP contribution in [0.3, 0.4) is 0 Å². The normalized spacial score (nSPS) is 12.4. The predicted molar refractivity (Wildman–Crippen MR) is 88.6 cm³/mol. The highest BCUT2D eigenvalue weighted by atomic mass is 79.9. The summed E-state index contributed by atoms with van der Waals surface area (Å²) in [6.45, 7) is 7.54. The Labute approximate surface area is 134 Å². The first-order chi connectivity index (χ1) is 10.1. The molecule has 0 saturated heterocycles. The quantitative estimate of drug-likeness (QED) is 0.859. The van der Waals surface area contributed by atoms with E-state index in [-0.39, 0.29) is 6.04 Å². The Hall–Kier alpha value is -1.33. The number of aryl methyl sites for hydroxylation is 2. The standard InChI is InChI=1S/C16H22BrN3O/c1-5-20-14(16(17)12(3)19-20)10-21-15-9-7-6-8-13(15)11(2)18-4/h6-9,11,18H,5,10H2,1-4H3. The summed E-state index contributed by atoms with van der Waals surface area (Å²) >= 11 is 3.60. The van der Waals surface area contributed by atoms with Crippen LogP contribution in [0.2, 0.25) is 0 Å². The Morgan fingerprint density at radius 3 is 2.76 bits per heavy atom. The summed E-state index contributed by atoms with van der Waals surface area (Å²) in [5.41, 5.74) is 3.23. The molecule has 0 aliphatic heterocycles. The molecule has 2 rings (SSSR count). The summed E-state index contributed by atoms with van der Waals surface area (Å²) in [5, 5.41) is 7.74. The maximum Gasteiger partial charge on any atom is 0.131 e. The molecule has 1 aromatic carbocycles. The van der Waals surface area contributed by atoms with E-state index in [0.717, 1.165) is 33.7 Å². The summed E-state index contributed by atoms with van der Waals surface area (Å²) in [5.74, 6) is 0.910. The molecule has 1 aromatic heterocycles. The molecule has 0 aliphatic carbocycles. The van der Waals surface area contributed by atoms with Crippen LogP contribution in [0.1, 0.15) is 36.8 Å². The van der Waals surface area contributed by atoms with E-state index in [1.807, 2.05) is 36.9 Å². The molecule has 114 valence electrons. The lowest BCUT2D eigenvalue weighted by Crippen LogP contribution is -2.14. The van der Waals surface area contributed by atoms with Gasteiger partial charge in [-0.25, -0.2) is 0 Å². The van der Waals surface area contributed by atoms with Gasteiger partial charge >= 0.3 is 0 Å². The Kier molecular flexibility index (Phi) is 5.42. The van der Waals surface area contributed by atoms with Crippen LogP contribution in [-0.4, -0.2) is 16.8 Å². The highest BCUT2D eigenvalue weighted by Crippen LogP contribution is 2.27. The molecule has 0 aliphatic rings. The summed E-state index contributed by atoms with van der Waals surface area (Å²) in [6.07, 6.45) is 0. The first kappa shape index (κ1) is 16.0. The lowest BCUT2D eigenvalue weighted by Gasteiger charge is -2.16. The van der Waals surface area contributed by atoms with Gasteiger partial charge in [0.25, 0.3) is 0 Å². The molecule has 21 heavy (non-hydrogen) atoms. The minimum atomic E-state index is 0.252. The number of para-hydroxylation sites is 1. The zero-order valence-electron chi connectivity index (χ0n) is 13.0. The van der Waals surface area contributed by atoms with Gasteiger partial charge in [0, 0.05) is 18.2 Å². The van der Waals surface area contributed by atoms with E-state index in [0.29, 0.717) is 6.61 Å². The van der Waals surface area contributed by atoms with E-state index in [9.17, 15) is 0 Å². The second kappa shape index (κ2) is 7.09. The molecule has 0 radical (unpaired) electrons. The van der Waals surface area contributed by atoms with Crippen LogP contribution in [0.5, 0.6) is 5.75 Å². The van der Waals surface area contributed by atoms with Crippen LogP contribution in [0.4, 0.5) is 0 Å². The van der Waals surface area contributed by atoms with Crippen molar-refractivity contribution in [3.05, 3.63) is 45.7 Å². The van der Waals surface area contributed by atoms with Gasteiger partial charge in [0.1, 0.15) is 12.4 Å². The van der Waals surface area contributed by atoms with Crippen LogP contribution >= 0.6 is 15.9 Å². The van der Waals surface area contributed by atoms with Gasteiger partial charge in [-0.15, -0.1) is 0 Å². The third kappa shape index (κ3) is 3.47. The number of halogens is 1. The molecule has 5 heteroatoms. The number of nitrogens with one attached hydrogen (secondary N) is 1. The van der Waals surface area contributed by atoms with E-state index < -0.39 is 0 Å². The largest absolute Gasteiger partial charge is 0.487 e. The van der Waals surface area contributed by atoms with Crippen molar-refractivity contribution in [1.82, 2.24) is 15.1 Å². The third-order valence-corrected chi connectivity index (χ3v) is 4.67. The van der Waals surface area contributed by atoms with Crippen molar-refractivity contribution in [1.29, 1.82) is 0 Å². The van der Waals surface area contributed by atoms with Gasteiger partial charge in [-0.1, -0.05) is 18.2 Å². The first-order valence-electron chi connectivity index (χ1n) is 7.19. The van der Waals surface area contributed by atoms with Crippen LogP contribution in [0.25, 0.3) is 0 Å². The van der Waals surface area contributed by atoms with E-state index in [4.69, 9.17) is 4.74 Å². The fraction of sp³-hybridized carbons (Fsp3) is 0.438. The maximum atomic E-state index is 6.05. The highest BCUT2D eigenvalue weighted by Gasteiger charge is 2.14. The summed E-state index contributed by atoms with van der Waals surface area (Å²) in [4.78, 5) is 0. The number of ether oxygens (including phenoxy) is 1. The second-order valence-corrected chi connectivity index (χ2v) is 5.79. The molecule has 0 bridgehead atoms. The summed E-state index contributed by atoms with van der Waals surface area (Å²) in [7, 11) is 1.95. The number of rotatable bonds is 6. The van der Waals surface area contributed by atoms with Crippen LogP contribution < -0.4 is 10.1 Å². The van der Waals surface area contributed by atoms with Crippen molar-refractivity contribution in [2.45, 2.75) is 40.0 Å². The topological polar surface area (TPSA) is 39.1 Å². The van der Waals surface area contributed by atoms with Gasteiger partial charge < -0.3 is 10.1 Å². The molecule has 1 atom stereocenters. The fourth-order valence-electron chi connectivity index (χ4n) is 2.28. The molecule has 0 saturated carbocycles.